The van der Waals surface area contributed by atoms with Crippen LogP contribution in [0.1, 0.15) is 201 Å². The SMILES string of the molecule is CCCCCCCC/C=C/CCCCCCCC(=O)OCC(C[N+](C)(C)CC)OC(=O)CCCCCCC/C=C/CCCCCCCC. The van der Waals surface area contributed by atoms with Crippen LogP contribution in [-0.2, 0) is 19.1 Å². The number of likely N-dealkylation sites (N-methyl/N-ethyl adjacent to an activating group) is 1. The Kier molecular flexibility index (Phi) is 34.0. The Hall–Kier alpha value is -1.62. The number of esters is 2. The van der Waals surface area contributed by atoms with Crippen molar-refractivity contribution in [2.75, 3.05) is 33.8 Å². The normalized spacial score (nSPS) is 12.7. The third-order valence-corrected chi connectivity index (χ3v) is 9.57. The molecule has 0 spiro atoms. The van der Waals surface area contributed by atoms with Crippen LogP contribution < -0.4 is 0 Å². The molecule has 0 aromatic heterocycles. The van der Waals surface area contributed by atoms with Gasteiger partial charge in [-0.15, -0.1) is 0 Å². The standard InChI is InChI=1S/C43H82NO4/c1-6-9-11-13-15-17-19-21-23-25-27-29-31-33-35-37-42(45)47-40-41(39-44(4,5)8-3)48-43(46)38-36-34-32-30-28-26-24-22-20-18-16-14-12-10-7-2/h21-24,41H,6-20,25-40H2,1-5H3/q+1/b23-21+,24-22+. The van der Waals surface area contributed by atoms with E-state index in [4.69, 9.17) is 9.47 Å². The summed E-state index contributed by atoms with van der Waals surface area (Å²) in [6.07, 6.45) is 42.1. The Morgan fingerprint density at radius 3 is 1.25 bits per heavy atom. The van der Waals surface area contributed by atoms with E-state index in [0.717, 1.165) is 49.6 Å². The quantitative estimate of drug-likeness (QED) is 0.0287. The largest absolute Gasteiger partial charge is 0.461 e. The van der Waals surface area contributed by atoms with Crippen LogP contribution in [0.2, 0.25) is 0 Å². The van der Waals surface area contributed by atoms with E-state index in [1.165, 1.54) is 128 Å². The molecule has 0 amide bonds. The van der Waals surface area contributed by atoms with Crippen molar-refractivity contribution < 1.29 is 23.5 Å². The Bertz CT molecular complexity index is 775. The number of hydrogen-bond acceptors (Lipinski definition) is 4. The topological polar surface area (TPSA) is 52.6 Å². The lowest BCUT2D eigenvalue weighted by Gasteiger charge is -2.31. The second kappa shape index (κ2) is 35.2. The van der Waals surface area contributed by atoms with Crippen LogP contribution in [0.5, 0.6) is 0 Å². The van der Waals surface area contributed by atoms with Crippen LogP contribution in [0, 0.1) is 0 Å². The van der Waals surface area contributed by atoms with Crippen molar-refractivity contribution in [1.29, 1.82) is 0 Å². The molecular formula is C43H82NO4+. The minimum Gasteiger partial charge on any atom is -0.461 e. The molecule has 0 rings (SSSR count). The molecule has 0 N–H and O–H groups in total. The van der Waals surface area contributed by atoms with Gasteiger partial charge in [0.2, 0.25) is 0 Å². The van der Waals surface area contributed by atoms with Gasteiger partial charge >= 0.3 is 11.9 Å². The first kappa shape index (κ1) is 46.4. The molecule has 0 aromatic carbocycles. The summed E-state index contributed by atoms with van der Waals surface area (Å²) in [5, 5.41) is 0. The number of carbonyl (C=O) groups is 2. The average Bonchev–Trinajstić information content (AvgIpc) is 3.07. The van der Waals surface area contributed by atoms with Gasteiger partial charge in [-0.25, -0.2) is 0 Å². The first-order valence-corrected chi connectivity index (χ1v) is 20.8. The second-order valence-corrected chi connectivity index (χ2v) is 14.9. The molecule has 282 valence electrons. The zero-order chi connectivity index (χ0) is 35.4. The summed E-state index contributed by atoms with van der Waals surface area (Å²) in [6, 6.07) is 0. The Morgan fingerprint density at radius 1 is 0.500 bits per heavy atom. The predicted octanol–water partition coefficient (Wildman–Crippen LogP) is 12.6. The van der Waals surface area contributed by atoms with E-state index in [-0.39, 0.29) is 18.5 Å². The fourth-order valence-corrected chi connectivity index (χ4v) is 5.99. The lowest BCUT2D eigenvalue weighted by atomic mass is 10.1. The van der Waals surface area contributed by atoms with Gasteiger partial charge in [-0.3, -0.25) is 9.59 Å². The summed E-state index contributed by atoms with van der Waals surface area (Å²) in [5.41, 5.74) is 0. The third kappa shape index (κ3) is 34.3. The van der Waals surface area contributed by atoms with Crippen molar-refractivity contribution in [3.8, 4) is 0 Å². The van der Waals surface area contributed by atoms with Crippen molar-refractivity contribution in [1.82, 2.24) is 0 Å². The smallest absolute Gasteiger partial charge is 0.306 e. The molecule has 0 fully saturated rings. The summed E-state index contributed by atoms with van der Waals surface area (Å²) in [5.74, 6) is -0.338. The number of ether oxygens (including phenoxy) is 2. The van der Waals surface area contributed by atoms with Gasteiger partial charge in [-0.05, 0) is 71.1 Å². The van der Waals surface area contributed by atoms with E-state index < -0.39 is 6.10 Å². The molecule has 1 unspecified atom stereocenters. The van der Waals surface area contributed by atoms with E-state index >= 15 is 0 Å². The van der Waals surface area contributed by atoms with Crippen molar-refractivity contribution >= 4 is 11.9 Å². The maximum Gasteiger partial charge on any atom is 0.306 e. The van der Waals surface area contributed by atoms with E-state index in [2.05, 4.69) is 59.2 Å². The molecule has 48 heavy (non-hydrogen) atoms. The first-order chi connectivity index (χ1) is 23.3. The number of unbranched alkanes of at least 4 members (excludes halogenated alkanes) is 22. The first-order valence-electron chi connectivity index (χ1n) is 20.8. The molecular weight excluding hydrogens is 594 g/mol. The highest BCUT2D eigenvalue weighted by Gasteiger charge is 2.25. The Labute approximate surface area is 299 Å². The van der Waals surface area contributed by atoms with Crippen molar-refractivity contribution in [2.45, 2.75) is 207 Å². The molecule has 0 heterocycles. The summed E-state index contributed by atoms with van der Waals surface area (Å²) in [4.78, 5) is 25.1. The lowest BCUT2D eigenvalue weighted by Crippen LogP contribution is -2.47. The molecule has 5 nitrogen and oxygen atoms in total. The van der Waals surface area contributed by atoms with Crippen LogP contribution >= 0.6 is 0 Å². The molecule has 0 aliphatic heterocycles. The number of quaternary nitrogens is 1. The summed E-state index contributed by atoms with van der Waals surface area (Å²) in [6.45, 7) is 8.39. The van der Waals surface area contributed by atoms with Gasteiger partial charge in [0.05, 0.1) is 20.6 Å². The van der Waals surface area contributed by atoms with Gasteiger partial charge in [0.15, 0.2) is 6.10 Å². The van der Waals surface area contributed by atoms with Crippen LogP contribution in [0.25, 0.3) is 0 Å². The highest BCUT2D eigenvalue weighted by molar-refractivity contribution is 5.70. The summed E-state index contributed by atoms with van der Waals surface area (Å²) in [7, 11) is 4.25. The number of carbonyl (C=O) groups excluding carboxylic acids is 2. The van der Waals surface area contributed by atoms with Crippen LogP contribution in [0.15, 0.2) is 24.3 Å². The molecule has 0 aromatic rings. The molecule has 0 bridgehead atoms. The molecule has 0 aliphatic carbocycles. The highest BCUT2D eigenvalue weighted by Crippen LogP contribution is 2.14. The third-order valence-electron chi connectivity index (χ3n) is 9.57. The average molecular weight is 677 g/mol. The van der Waals surface area contributed by atoms with Gasteiger partial charge in [0, 0.05) is 12.8 Å². The van der Waals surface area contributed by atoms with E-state index in [0.29, 0.717) is 19.4 Å². The van der Waals surface area contributed by atoms with Gasteiger partial charge in [0.1, 0.15) is 13.2 Å². The van der Waals surface area contributed by atoms with Crippen LogP contribution in [0.3, 0.4) is 0 Å². The van der Waals surface area contributed by atoms with Crippen molar-refractivity contribution in [2.24, 2.45) is 0 Å². The number of hydrogen-bond donors (Lipinski definition) is 0. The summed E-state index contributed by atoms with van der Waals surface area (Å²) >= 11 is 0. The van der Waals surface area contributed by atoms with Crippen LogP contribution in [0.4, 0.5) is 0 Å². The minimum absolute atomic E-state index is 0.156. The fraction of sp³-hybridized carbons (Fsp3) is 0.860. The van der Waals surface area contributed by atoms with Gasteiger partial charge in [0.25, 0.3) is 0 Å². The molecule has 0 radical (unpaired) electrons. The monoisotopic (exact) mass is 677 g/mol. The predicted molar refractivity (Wildman–Crippen MR) is 207 cm³/mol. The van der Waals surface area contributed by atoms with E-state index in [1.54, 1.807) is 0 Å². The number of rotatable bonds is 36. The number of nitrogens with zero attached hydrogens (tertiary/aromatic N) is 1. The lowest BCUT2D eigenvalue weighted by molar-refractivity contribution is -0.891. The molecule has 0 saturated heterocycles. The maximum absolute atomic E-state index is 12.7. The molecule has 1 atom stereocenters. The van der Waals surface area contributed by atoms with Gasteiger partial charge in [-0.1, -0.05) is 141 Å². The maximum atomic E-state index is 12.7. The minimum atomic E-state index is -0.395. The van der Waals surface area contributed by atoms with Crippen LogP contribution in [-0.4, -0.2) is 56.3 Å². The van der Waals surface area contributed by atoms with Gasteiger partial charge in [-0.2, -0.15) is 0 Å². The number of allylic oxidation sites excluding steroid dienone is 4. The molecule has 0 aliphatic rings. The molecule has 0 saturated carbocycles. The fourth-order valence-electron chi connectivity index (χ4n) is 5.99. The highest BCUT2D eigenvalue weighted by atomic mass is 16.6. The van der Waals surface area contributed by atoms with E-state index in [9.17, 15) is 9.59 Å². The Balaban J connectivity index is 3.99. The van der Waals surface area contributed by atoms with E-state index in [1.807, 2.05) is 0 Å². The van der Waals surface area contributed by atoms with Gasteiger partial charge < -0.3 is 14.0 Å². The zero-order valence-electron chi connectivity index (χ0n) is 32.9. The zero-order valence-corrected chi connectivity index (χ0v) is 32.9. The van der Waals surface area contributed by atoms with Crippen molar-refractivity contribution in [3.63, 3.8) is 0 Å². The molecule has 5 heteroatoms. The summed E-state index contributed by atoms with van der Waals surface area (Å²) < 4.78 is 12.2. The second-order valence-electron chi connectivity index (χ2n) is 14.9. The van der Waals surface area contributed by atoms with Crippen molar-refractivity contribution in [3.05, 3.63) is 24.3 Å². The Morgan fingerprint density at radius 2 is 0.854 bits per heavy atom.